The average molecular weight is 252 g/mol. The van der Waals surface area contributed by atoms with E-state index in [2.05, 4.69) is 21.2 Å². The van der Waals surface area contributed by atoms with E-state index in [1.165, 1.54) is 0 Å². The van der Waals surface area contributed by atoms with E-state index in [1.54, 1.807) is 0 Å². The summed E-state index contributed by atoms with van der Waals surface area (Å²) in [7, 11) is 0. The lowest BCUT2D eigenvalue weighted by Gasteiger charge is -2.21. The number of nitrogens with one attached hydrogen (secondary N) is 1. The zero-order valence-corrected chi connectivity index (χ0v) is 9.97. The standard InChI is InChI=1S/C9H18BrNO2/c1-4-7(10)9(13)11-8(5-12)6(2)3/h6-8,12H,4-5H2,1-3H3,(H,11,13)/t7?,8-/m1/s1. The molecule has 0 bridgehead atoms. The van der Waals surface area contributed by atoms with Crippen LogP contribution in [0.25, 0.3) is 0 Å². The molecule has 0 fully saturated rings. The highest BCUT2D eigenvalue weighted by molar-refractivity contribution is 9.10. The van der Waals surface area contributed by atoms with E-state index in [9.17, 15) is 4.79 Å². The number of carbonyl (C=O) groups excluding carboxylic acids is 1. The van der Waals surface area contributed by atoms with Crippen molar-refractivity contribution in [3.63, 3.8) is 0 Å². The summed E-state index contributed by atoms with van der Waals surface area (Å²) in [5.74, 6) is 0.209. The second kappa shape index (κ2) is 6.38. The molecule has 0 heterocycles. The highest BCUT2D eigenvalue weighted by Gasteiger charge is 2.18. The molecule has 0 saturated carbocycles. The molecule has 0 aliphatic rings. The van der Waals surface area contributed by atoms with Crippen molar-refractivity contribution in [1.29, 1.82) is 0 Å². The summed E-state index contributed by atoms with van der Waals surface area (Å²) in [4.78, 5) is 11.2. The van der Waals surface area contributed by atoms with Gasteiger partial charge in [0, 0.05) is 0 Å². The highest BCUT2D eigenvalue weighted by atomic mass is 79.9. The molecule has 0 aliphatic carbocycles. The molecule has 0 aromatic heterocycles. The Morgan fingerprint density at radius 3 is 2.38 bits per heavy atom. The van der Waals surface area contributed by atoms with Crippen LogP contribution < -0.4 is 5.32 Å². The quantitative estimate of drug-likeness (QED) is 0.724. The van der Waals surface area contributed by atoms with Crippen molar-refractivity contribution in [2.45, 2.75) is 38.1 Å². The smallest absolute Gasteiger partial charge is 0.234 e. The van der Waals surface area contributed by atoms with Crippen LogP contribution in [0.2, 0.25) is 0 Å². The van der Waals surface area contributed by atoms with Crippen LogP contribution in [-0.4, -0.2) is 28.5 Å². The maximum absolute atomic E-state index is 11.4. The molecule has 0 rings (SSSR count). The lowest BCUT2D eigenvalue weighted by Crippen LogP contribution is -2.44. The monoisotopic (exact) mass is 251 g/mol. The molecule has 0 saturated heterocycles. The molecule has 1 unspecified atom stereocenters. The maximum Gasteiger partial charge on any atom is 0.234 e. The number of carbonyl (C=O) groups is 1. The highest BCUT2D eigenvalue weighted by Crippen LogP contribution is 2.07. The molecule has 1 amide bonds. The number of alkyl halides is 1. The Labute approximate surface area is 88.0 Å². The van der Waals surface area contributed by atoms with Gasteiger partial charge in [0.2, 0.25) is 5.91 Å². The van der Waals surface area contributed by atoms with Crippen LogP contribution in [0.15, 0.2) is 0 Å². The summed E-state index contributed by atoms with van der Waals surface area (Å²) in [5, 5.41) is 11.8. The van der Waals surface area contributed by atoms with Gasteiger partial charge in [-0.1, -0.05) is 36.7 Å². The van der Waals surface area contributed by atoms with Gasteiger partial charge < -0.3 is 10.4 Å². The molecule has 0 aromatic carbocycles. The molecular formula is C9H18BrNO2. The van der Waals surface area contributed by atoms with Crippen molar-refractivity contribution in [2.75, 3.05) is 6.61 Å². The molecule has 4 heteroatoms. The largest absolute Gasteiger partial charge is 0.394 e. The van der Waals surface area contributed by atoms with Crippen LogP contribution in [-0.2, 0) is 4.79 Å². The zero-order chi connectivity index (χ0) is 10.4. The van der Waals surface area contributed by atoms with Gasteiger partial charge >= 0.3 is 0 Å². The minimum Gasteiger partial charge on any atom is -0.394 e. The Balaban J connectivity index is 4.01. The molecule has 13 heavy (non-hydrogen) atoms. The second-order valence-corrected chi connectivity index (χ2v) is 4.52. The van der Waals surface area contributed by atoms with E-state index in [1.807, 2.05) is 20.8 Å². The normalized spacial score (nSPS) is 15.5. The summed E-state index contributed by atoms with van der Waals surface area (Å²) in [6.07, 6.45) is 0.752. The van der Waals surface area contributed by atoms with Crippen molar-refractivity contribution in [1.82, 2.24) is 5.32 Å². The first-order chi connectivity index (χ1) is 6.02. The Morgan fingerprint density at radius 1 is 1.54 bits per heavy atom. The van der Waals surface area contributed by atoms with Crippen molar-refractivity contribution < 1.29 is 9.90 Å². The van der Waals surface area contributed by atoms with Crippen LogP contribution in [0, 0.1) is 5.92 Å². The molecule has 2 N–H and O–H groups in total. The first kappa shape index (κ1) is 12.9. The lowest BCUT2D eigenvalue weighted by atomic mass is 10.1. The van der Waals surface area contributed by atoms with E-state index in [0.29, 0.717) is 0 Å². The van der Waals surface area contributed by atoms with Gasteiger partial charge in [0.05, 0.1) is 17.5 Å². The summed E-state index contributed by atoms with van der Waals surface area (Å²) >= 11 is 3.26. The summed E-state index contributed by atoms with van der Waals surface area (Å²) in [6, 6.07) is -0.140. The van der Waals surface area contributed by atoms with Gasteiger partial charge in [-0.3, -0.25) is 4.79 Å². The molecule has 0 aliphatic heterocycles. The van der Waals surface area contributed by atoms with Crippen molar-refractivity contribution in [3.8, 4) is 0 Å². The van der Waals surface area contributed by atoms with E-state index in [4.69, 9.17) is 5.11 Å². The van der Waals surface area contributed by atoms with Gasteiger partial charge in [0.25, 0.3) is 0 Å². The van der Waals surface area contributed by atoms with Gasteiger partial charge in [-0.2, -0.15) is 0 Å². The molecule has 0 radical (unpaired) electrons. The minimum absolute atomic E-state index is 0.00710. The third-order valence-corrected chi connectivity index (χ3v) is 3.04. The number of aliphatic hydroxyl groups excluding tert-OH is 1. The fraction of sp³-hybridized carbons (Fsp3) is 0.889. The first-order valence-electron chi connectivity index (χ1n) is 4.58. The zero-order valence-electron chi connectivity index (χ0n) is 8.38. The van der Waals surface area contributed by atoms with E-state index < -0.39 is 0 Å². The first-order valence-corrected chi connectivity index (χ1v) is 5.49. The van der Waals surface area contributed by atoms with Crippen molar-refractivity contribution in [2.24, 2.45) is 5.92 Å². The van der Waals surface area contributed by atoms with E-state index >= 15 is 0 Å². The molecule has 0 spiro atoms. The summed E-state index contributed by atoms with van der Waals surface area (Å²) in [6.45, 7) is 5.86. The van der Waals surface area contributed by atoms with Crippen LogP contribution >= 0.6 is 15.9 Å². The van der Waals surface area contributed by atoms with E-state index in [0.717, 1.165) is 6.42 Å². The third kappa shape index (κ3) is 4.62. The summed E-state index contributed by atoms with van der Waals surface area (Å²) < 4.78 is 0. The number of hydrogen-bond donors (Lipinski definition) is 2. The fourth-order valence-corrected chi connectivity index (χ4v) is 1.01. The Bertz CT molecular complexity index is 162. The SMILES string of the molecule is CCC(Br)C(=O)N[C@H](CO)C(C)C. The summed E-state index contributed by atoms with van der Waals surface area (Å²) in [5.41, 5.74) is 0. The molecule has 2 atom stereocenters. The van der Waals surface area contributed by atoms with Crippen LogP contribution in [0.4, 0.5) is 0 Å². The number of rotatable bonds is 5. The predicted molar refractivity (Wildman–Crippen MR) is 56.9 cm³/mol. The minimum atomic E-state index is -0.153. The molecule has 3 nitrogen and oxygen atoms in total. The van der Waals surface area contributed by atoms with E-state index in [-0.39, 0.29) is 29.3 Å². The topological polar surface area (TPSA) is 49.3 Å². The fourth-order valence-electron chi connectivity index (χ4n) is 0.882. The second-order valence-electron chi connectivity index (χ2n) is 3.42. The van der Waals surface area contributed by atoms with Crippen LogP contribution in [0.1, 0.15) is 27.2 Å². The van der Waals surface area contributed by atoms with Crippen molar-refractivity contribution >= 4 is 21.8 Å². The number of hydrogen-bond acceptors (Lipinski definition) is 2. The lowest BCUT2D eigenvalue weighted by molar-refractivity contribution is -0.121. The van der Waals surface area contributed by atoms with Gasteiger partial charge in [0.15, 0.2) is 0 Å². The number of aliphatic hydroxyl groups is 1. The van der Waals surface area contributed by atoms with Crippen LogP contribution in [0.5, 0.6) is 0 Å². The van der Waals surface area contributed by atoms with Crippen molar-refractivity contribution in [3.05, 3.63) is 0 Å². The third-order valence-electron chi connectivity index (χ3n) is 1.97. The Kier molecular flexibility index (Phi) is 6.33. The molecular weight excluding hydrogens is 234 g/mol. The maximum atomic E-state index is 11.4. The molecule has 0 aromatic rings. The number of amides is 1. The molecule has 78 valence electrons. The van der Waals surface area contributed by atoms with Gasteiger partial charge in [-0.15, -0.1) is 0 Å². The Hall–Kier alpha value is -0.0900. The predicted octanol–water partition coefficient (Wildman–Crippen LogP) is 1.29. The Morgan fingerprint density at radius 2 is 2.08 bits per heavy atom. The van der Waals surface area contributed by atoms with Gasteiger partial charge in [-0.25, -0.2) is 0 Å². The van der Waals surface area contributed by atoms with Gasteiger partial charge in [-0.05, 0) is 12.3 Å². The average Bonchev–Trinajstić information content (AvgIpc) is 2.11. The number of halogens is 1. The van der Waals surface area contributed by atoms with Gasteiger partial charge in [0.1, 0.15) is 0 Å². The van der Waals surface area contributed by atoms with Crippen LogP contribution in [0.3, 0.4) is 0 Å².